The van der Waals surface area contributed by atoms with Crippen molar-refractivity contribution in [2.45, 2.75) is 0 Å². The van der Waals surface area contributed by atoms with E-state index in [4.69, 9.17) is 0 Å². The van der Waals surface area contributed by atoms with Gasteiger partial charge in [0.05, 0.1) is 3.77 Å². The minimum Gasteiger partial charge on any atom is -0.283 e. The highest BCUT2D eigenvalue weighted by atomic mass is 79.9. The molecule has 0 aliphatic carbocycles. The lowest BCUT2D eigenvalue weighted by molar-refractivity contribution is -0.106. The summed E-state index contributed by atoms with van der Waals surface area (Å²) in [7, 11) is -0.284. The number of carbonyl (C=O) groups excluding carboxylic acids is 1. The molecular formula is C11H9BrOS. The van der Waals surface area contributed by atoms with Crippen molar-refractivity contribution in [3.63, 3.8) is 0 Å². The van der Waals surface area contributed by atoms with Gasteiger partial charge in [-0.2, -0.15) is 0 Å². The third-order valence-electron chi connectivity index (χ3n) is 1.98. The van der Waals surface area contributed by atoms with Crippen molar-refractivity contribution in [2.24, 2.45) is 0 Å². The molecule has 1 aromatic rings. The number of halogens is 1. The molecule has 3 heteroatoms. The second-order valence-electron chi connectivity index (χ2n) is 2.92. The van der Waals surface area contributed by atoms with Gasteiger partial charge in [0.15, 0.2) is 0 Å². The molecule has 0 amide bonds. The van der Waals surface area contributed by atoms with E-state index in [0.29, 0.717) is 0 Å². The van der Waals surface area contributed by atoms with Crippen LogP contribution in [0.2, 0.25) is 0 Å². The Kier molecular flexibility index (Phi) is 2.99. The maximum absolute atomic E-state index is 11.5. The summed E-state index contributed by atoms with van der Waals surface area (Å²) in [6.45, 7) is 0. The van der Waals surface area contributed by atoms with Crippen molar-refractivity contribution in [1.82, 2.24) is 0 Å². The molecule has 0 aromatic heterocycles. The zero-order chi connectivity index (χ0) is 9.97. The maximum Gasteiger partial charge on any atom is 0.207 e. The third-order valence-corrected chi connectivity index (χ3v) is 5.42. The van der Waals surface area contributed by atoms with Crippen molar-refractivity contribution >= 4 is 35.3 Å². The SMILES string of the molecule is O=C1C=CCS1=C(Br)c1ccccc1. The molecule has 14 heavy (non-hydrogen) atoms. The third kappa shape index (κ3) is 1.88. The zero-order valence-electron chi connectivity index (χ0n) is 7.44. The van der Waals surface area contributed by atoms with E-state index in [9.17, 15) is 4.79 Å². The first-order valence-electron chi connectivity index (χ1n) is 4.28. The van der Waals surface area contributed by atoms with Gasteiger partial charge in [0.2, 0.25) is 5.12 Å². The van der Waals surface area contributed by atoms with E-state index in [2.05, 4.69) is 15.9 Å². The van der Waals surface area contributed by atoms with Gasteiger partial charge in [-0.15, -0.1) is 0 Å². The second-order valence-corrected chi connectivity index (χ2v) is 6.16. The van der Waals surface area contributed by atoms with Crippen molar-refractivity contribution < 1.29 is 4.79 Å². The summed E-state index contributed by atoms with van der Waals surface area (Å²) >= 11 is 3.52. The first kappa shape index (κ1) is 9.87. The Labute approximate surface area is 93.9 Å². The van der Waals surface area contributed by atoms with E-state index in [1.807, 2.05) is 36.4 Å². The molecule has 72 valence electrons. The molecule has 1 aromatic carbocycles. The lowest BCUT2D eigenvalue weighted by Crippen LogP contribution is -1.95. The van der Waals surface area contributed by atoms with Crippen LogP contribution in [0.15, 0.2) is 42.5 Å². The summed E-state index contributed by atoms with van der Waals surface area (Å²) in [5, 5.41) is 0.223. The van der Waals surface area contributed by atoms with Crippen LogP contribution >= 0.6 is 26.4 Å². The number of benzene rings is 1. The molecule has 1 nitrogen and oxygen atoms in total. The Morgan fingerprint density at radius 3 is 2.57 bits per heavy atom. The number of hydrogen-bond donors (Lipinski definition) is 0. The van der Waals surface area contributed by atoms with Gasteiger partial charge in [0.25, 0.3) is 0 Å². The highest BCUT2D eigenvalue weighted by Gasteiger charge is 2.14. The van der Waals surface area contributed by atoms with Crippen LogP contribution in [0.5, 0.6) is 0 Å². The van der Waals surface area contributed by atoms with E-state index in [0.717, 1.165) is 15.1 Å². The fourth-order valence-corrected chi connectivity index (χ4v) is 3.87. The normalized spacial score (nSPS) is 21.4. The van der Waals surface area contributed by atoms with Crippen molar-refractivity contribution in [3.05, 3.63) is 48.0 Å². The Morgan fingerprint density at radius 1 is 1.29 bits per heavy atom. The van der Waals surface area contributed by atoms with E-state index in [-0.39, 0.29) is 15.6 Å². The number of rotatable bonds is 1. The van der Waals surface area contributed by atoms with Crippen molar-refractivity contribution in [2.75, 3.05) is 5.75 Å². The Morgan fingerprint density at radius 2 is 2.00 bits per heavy atom. The van der Waals surface area contributed by atoms with Crippen LogP contribution in [0.4, 0.5) is 0 Å². The van der Waals surface area contributed by atoms with Gasteiger partial charge in [-0.3, -0.25) is 4.79 Å². The molecule has 1 atom stereocenters. The summed E-state index contributed by atoms with van der Waals surface area (Å²) in [5.74, 6) is 0.842. The predicted octanol–water partition coefficient (Wildman–Crippen LogP) is 2.92. The lowest BCUT2D eigenvalue weighted by atomic mass is 10.2. The van der Waals surface area contributed by atoms with Crippen LogP contribution in [0.3, 0.4) is 0 Å². The Hall–Kier alpha value is -0.670. The molecule has 0 N–H and O–H groups in total. The summed E-state index contributed by atoms with van der Waals surface area (Å²) in [6, 6.07) is 9.97. The molecule has 0 radical (unpaired) electrons. The number of hydrogen-bond acceptors (Lipinski definition) is 1. The first-order chi connectivity index (χ1) is 6.79. The van der Waals surface area contributed by atoms with E-state index in [1.165, 1.54) is 0 Å². The molecule has 1 heterocycles. The smallest absolute Gasteiger partial charge is 0.207 e. The zero-order valence-corrected chi connectivity index (χ0v) is 9.85. The predicted molar refractivity (Wildman–Crippen MR) is 66.1 cm³/mol. The minimum atomic E-state index is -0.284. The number of carbonyl (C=O) groups is 1. The fourth-order valence-electron chi connectivity index (χ4n) is 1.28. The van der Waals surface area contributed by atoms with Gasteiger partial charge in [0, 0.05) is 5.75 Å². The summed E-state index contributed by atoms with van der Waals surface area (Å²) < 4.78 is 1.02. The first-order valence-corrected chi connectivity index (χ1v) is 6.47. The molecule has 0 fully saturated rings. The van der Waals surface area contributed by atoms with Gasteiger partial charge in [-0.1, -0.05) is 46.9 Å². The van der Waals surface area contributed by atoms with Crippen LogP contribution in [0.1, 0.15) is 5.56 Å². The van der Waals surface area contributed by atoms with E-state index < -0.39 is 0 Å². The molecule has 0 bridgehead atoms. The monoisotopic (exact) mass is 268 g/mol. The van der Waals surface area contributed by atoms with Crippen molar-refractivity contribution in [1.29, 1.82) is 0 Å². The van der Waals surface area contributed by atoms with Gasteiger partial charge in [-0.25, -0.2) is 0 Å². The average molecular weight is 269 g/mol. The fraction of sp³-hybridized carbons (Fsp3) is 0.0909. The molecule has 1 aliphatic rings. The van der Waals surface area contributed by atoms with Gasteiger partial charge in [0.1, 0.15) is 0 Å². The van der Waals surface area contributed by atoms with Gasteiger partial charge in [-0.05, 0) is 27.6 Å². The molecule has 1 unspecified atom stereocenters. The van der Waals surface area contributed by atoms with Crippen LogP contribution in [-0.2, 0) is 4.79 Å². The highest BCUT2D eigenvalue weighted by Crippen LogP contribution is 2.28. The Balaban J connectivity index is 2.41. The summed E-state index contributed by atoms with van der Waals surface area (Å²) in [5.41, 5.74) is 1.10. The molecule has 0 spiro atoms. The maximum atomic E-state index is 11.5. The molecule has 0 saturated carbocycles. The molecule has 2 rings (SSSR count). The van der Waals surface area contributed by atoms with Gasteiger partial charge >= 0.3 is 0 Å². The standard InChI is InChI=1S/C11H9BrOS/c12-11(9-5-2-1-3-6-9)14-8-4-7-10(14)13/h1-7H,8H2. The lowest BCUT2D eigenvalue weighted by Gasteiger charge is -2.03. The average Bonchev–Trinajstić information content (AvgIpc) is 2.65. The topological polar surface area (TPSA) is 17.1 Å². The van der Waals surface area contributed by atoms with E-state index >= 15 is 0 Å². The minimum absolute atomic E-state index is 0.223. The van der Waals surface area contributed by atoms with Crippen LogP contribution < -0.4 is 0 Å². The largest absolute Gasteiger partial charge is 0.283 e. The van der Waals surface area contributed by atoms with Gasteiger partial charge < -0.3 is 0 Å². The second kappa shape index (κ2) is 4.24. The highest BCUT2D eigenvalue weighted by molar-refractivity contribution is 9.21. The Bertz CT molecular complexity index is 420. The molecule has 0 saturated heterocycles. The summed E-state index contributed by atoms with van der Waals surface area (Å²) in [4.78, 5) is 11.5. The molecular weight excluding hydrogens is 260 g/mol. The van der Waals surface area contributed by atoms with Crippen LogP contribution in [0.25, 0.3) is 0 Å². The summed E-state index contributed by atoms with van der Waals surface area (Å²) in [6.07, 6.45) is 3.61. The van der Waals surface area contributed by atoms with Crippen LogP contribution in [-0.4, -0.2) is 14.6 Å². The van der Waals surface area contributed by atoms with Crippen LogP contribution in [0, 0.1) is 0 Å². The van der Waals surface area contributed by atoms with E-state index in [1.54, 1.807) is 6.08 Å². The quantitative estimate of drug-likeness (QED) is 0.566. The van der Waals surface area contributed by atoms with Crippen molar-refractivity contribution in [3.8, 4) is 0 Å². The molecule has 1 aliphatic heterocycles.